The number of alkyl halides is 6. The normalized spacial score (nSPS) is 12.9. The number of anilines is 1. The van der Waals surface area contributed by atoms with Gasteiger partial charge in [0.25, 0.3) is 0 Å². The van der Waals surface area contributed by atoms with Crippen molar-refractivity contribution in [2.24, 2.45) is 0 Å². The first-order valence-corrected chi connectivity index (χ1v) is 10.1. The quantitative estimate of drug-likeness (QED) is 0.318. The maximum absolute atomic E-state index is 13.7. The van der Waals surface area contributed by atoms with Gasteiger partial charge in [-0.25, -0.2) is 4.79 Å². The van der Waals surface area contributed by atoms with Crippen LogP contribution in [0.1, 0.15) is 28.4 Å². The summed E-state index contributed by atoms with van der Waals surface area (Å²) < 4.78 is 80.0. The number of rotatable bonds is 4. The van der Waals surface area contributed by atoms with E-state index in [4.69, 9.17) is 0 Å². The van der Waals surface area contributed by atoms with Crippen molar-refractivity contribution in [1.29, 1.82) is 0 Å². The summed E-state index contributed by atoms with van der Waals surface area (Å²) in [6, 6.07) is 11.4. The Morgan fingerprint density at radius 1 is 0.771 bits per heavy atom. The van der Waals surface area contributed by atoms with Crippen LogP contribution in [0.25, 0.3) is 10.9 Å². The molecular formula is C24H16F6N4O. The molecule has 4 rings (SSSR count). The van der Waals surface area contributed by atoms with Crippen LogP contribution in [0.5, 0.6) is 0 Å². The van der Waals surface area contributed by atoms with Crippen molar-refractivity contribution in [3.63, 3.8) is 0 Å². The van der Waals surface area contributed by atoms with Crippen molar-refractivity contribution < 1.29 is 31.1 Å². The molecule has 11 heteroatoms. The Bertz CT molecular complexity index is 1350. The highest BCUT2D eigenvalue weighted by atomic mass is 19.4. The molecule has 2 heterocycles. The molecular weight excluding hydrogens is 474 g/mol. The molecule has 0 aliphatic heterocycles. The van der Waals surface area contributed by atoms with E-state index in [9.17, 15) is 31.1 Å². The zero-order chi connectivity index (χ0) is 25.2. The van der Waals surface area contributed by atoms with E-state index >= 15 is 0 Å². The van der Waals surface area contributed by atoms with Crippen molar-refractivity contribution in [3.8, 4) is 0 Å². The van der Waals surface area contributed by atoms with Crippen LogP contribution in [0.3, 0.4) is 0 Å². The molecule has 0 fully saturated rings. The fraction of sp³-hybridized carbons (Fsp3) is 0.125. The number of pyridine rings is 2. The zero-order valence-corrected chi connectivity index (χ0v) is 17.7. The van der Waals surface area contributed by atoms with Crippen molar-refractivity contribution >= 4 is 22.6 Å². The number of carbonyl (C=O) groups is 1. The molecule has 1 atom stereocenters. The van der Waals surface area contributed by atoms with Crippen LogP contribution in [-0.4, -0.2) is 16.0 Å². The summed E-state index contributed by atoms with van der Waals surface area (Å²) in [7, 11) is 0. The molecule has 4 aromatic rings. The molecule has 0 aliphatic carbocycles. The van der Waals surface area contributed by atoms with E-state index < -0.39 is 41.2 Å². The number of hydrogen-bond donors (Lipinski definition) is 2. The first-order chi connectivity index (χ1) is 16.5. The highest BCUT2D eigenvalue weighted by Crippen LogP contribution is 2.36. The molecule has 0 radical (unpaired) electrons. The number of benzene rings is 2. The number of aromatic nitrogens is 2. The first-order valence-electron chi connectivity index (χ1n) is 10.1. The summed E-state index contributed by atoms with van der Waals surface area (Å²) in [5, 5.41) is 5.58. The lowest BCUT2D eigenvalue weighted by Gasteiger charge is -2.23. The minimum absolute atomic E-state index is 0.0167. The Balaban J connectivity index is 1.72. The largest absolute Gasteiger partial charge is 0.418 e. The highest BCUT2D eigenvalue weighted by Gasteiger charge is 2.37. The Hall–Kier alpha value is -4.15. The van der Waals surface area contributed by atoms with Gasteiger partial charge in [0.15, 0.2) is 0 Å². The summed E-state index contributed by atoms with van der Waals surface area (Å²) in [6.45, 7) is 0. The van der Waals surface area contributed by atoms with Gasteiger partial charge in [0, 0.05) is 17.8 Å². The number of halogens is 6. The molecule has 35 heavy (non-hydrogen) atoms. The molecule has 2 aromatic carbocycles. The number of nitrogens with zero attached hydrogens (tertiary/aromatic N) is 2. The van der Waals surface area contributed by atoms with Crippen LogP contribution < -0.4 is 10.6 Å². The zero-order valence-electron chi connectivity index (χ0n) is 17.7. The highest BCUT2D eigenvalue weighted by molar-refractivity contribution is 6.00. The van der Waals surface area contributed by atoms with Crippen molar-refractivity contribution in [3.05, 3.63) is 102 Å². The van der Waals surface area contributed by atoms with E-state index in [2.05, 4.69) is 20.6 Å². The predicted molar refractivity (Wildman–Crippen MR) is 116 cm³/mol. The summed E-state index contributed by atoms with van der Waals surface area (Å²) in [5.74, 6) is 0. The number of hydrogen-bond acceptors (Lipinski definition) is 3. The number of urea groups is 1. The topological polar surface area (TPSA) is 66.9 Å². The van der Waals surface area contributed by atoms with Gasteiger partial charge in [-0.3, -0.25) is 9.97 Å². The van der Waals surface area contributed by atoms with Gasteiger partial charge in [-0.1, -0.05) is 30.3 Å². The molecule has 0 aliphatic rings. The molecule has 0 bridgehead atoms. The average molecular weight is 490 g/mol. The van der Waals surface area contributed by atoms with Crippen molar-refractivity contribution in [1.82, 2.24) is 15.3 Å². The van der Waals surface area contributed by atoms with Crippen LogP contribution in [0.15, 0.2) is 79.1 Å². The van der Waals surface area contributed by atoms with Crippen LogP contribution in [-0.2, 0) is 12.4 Å². The molecule has 2 N–H and O–H groups in total. The van der Waals surface area contributed by atoms with E-state index in [1.54, 1.807) is 24.3 Å². The predicted octanol–water partition coefficient (Wildman–Crippen LogP) is 6.58. The average Bonchev–Trinajstić information content (AvgIpc) is 2.82. The molecule has 0 saturated heterocycles. The summed E-state index contributed by atoms with van der Waals surface area (Å²) in [6.07, 6.45) is -6.89. The fourth-order valence-electron chi connectivity index (χ4n) is 3.56. The van der Waals surface area contributed by atoms with Crippen LogP contribution in [0.2, 0.25) is 0 Å². The Labute approximate surface area is 194 Å². The van der Waals surface area contributed by atoms with E-state index in [0.717, 1.165) is 42.6 Å². The van der Waals surface area contributed by atoms with Crippen LogP contribution >= 0.6 is 0 Å². The standard InChI is InChI=1S/C24H16F6N4O/c25-23(26,27)15-9-7-14(8-10-15)20(21-17(24(28,29)30)5-3-12-32-21)34-22(35)33-19-11-13-31-18-6-2-1-4-16(18)19/h1-13,20H,(H2,31,33,34,35). The molecule has 2 amide bonds. The molecule has 5 nitrogen and oxygen atoms in total. The monoisotopic (exact) mass is 490 g/mol. The van der Waals surface area contributed by atoms with Crippen molar-refractivity contribution in [2.75, 3.05) is 5.32 Å². The van der Waals surface area contributed by atoms with E-state index in [0.29, 0.717) is 16.6 Å². The molecule has 180 valence electrons. The van der Waals surface area contributed by atoms with Gasteiger partial charge < -0.3 is 10.6 Å². The minimum atomic E-state index is -4.81. The van der Waals surface area contributed by atoms with Gasteiger partial charge in [0.1, 0.15) is 0 Å². The smallest absolute Gasteiger partial charge is 0.325 e. The van der Waals surface area contributed by atoms with Crippen molar-refractivity contribution in [2.45, 2.75) is 18.4 Å². The maximum atomic E-state index is 13.7. The second kappa shape index (κ2) is 9.24. The van der Waals surface area contributed by atoms with Gasteiger partial charge in [0.2, 0.25) is 0 Å². The maximum Gasteiger partial charge on any atom is 0.418 e. The fourth-order valence-corrected chi connectivity index (χ4v) is 3.56. The van der Waals surface area contributed by atoms with Gasteiger partial charge >= 0.3 is 18.4 Å². The third-order valence-electron chi connectivity index (χ3n) is 5.16. The summed E-state index contributed by atoms with van der Waals surface area (Å²) >= 11 is 0. The number of fused-ring (bicyclic) bond motifs is 1. The molecule has 0 saturated carbocycles. The number of nitrogens with one attached hydrogen (secondary N) is 2. The van der Waals surface area contributed by atoms with E-state index in [1.807, 2.05) is 0 Å². The third kappa shape index (κ3) is 5.34. The number of amides is 2. The minimum Gasteiger partial charge on any atom is -0.325 e. The van der Waals surface area contributed by atoms with Gasteiger partial charge in [0.05, 0.1) is 34.1 Å². The second-order valence-corrected chi connectivity index (χ2v) is 7.46. The second-order valence-electron chi connectivity index (χ2n) is 7.46. The molecule has 1 unspecified atom stereocenters. The molecule has 2 aromatic heterocycles. The lowest BCUT2D eigenvalue weighted by molar-refractivity contribution is -0.139. The van der Waals surface area contributed by atoms with E-state index in [-0.39, 0.29) is 5.56 Å². The third-order valence-corrected chi connectivity index (χ3v) is 5.16. The summed E-state index contributed by atoms with van der Waals surface area (Å²) in [5.41, 5.74) is -1.76. The SMILES string of the molecule is O=C(Nc1ccnc2ccccc12)NC(c1ccc(C(F)(F)F)cc1)c1ncccc1C(F)(F)F. The Kier molecular flexibility index (Phi) is 6.33. The number of carbonyl (C=O) groups excluding carboxylic acids is 1. The lowest BCUT2D eigenvalue weighted by atomic mass is 9.98. The van der Waals surface area contributed by atoms with E-state index in [1.165, 1.54) is 12.3 Å². The van der Waals surface area contributed by atoms with Gasteiger partial charge in [-0.2, -0.15) is 26.3 Å². The van der Waals surface area contributed by atoms with Crippen LogP contribution in [0.4, 0.5) is 36.8 Å². The Morgan fingerprint density at radius 3 is 2.17 bits per heavy atom. The van der Waals surface area contributed by atoms with Gasteiger partial charge in [-0.15, -0.1) is 0 Å². The molecule has 0 spiro atoms. The lowest BCUT2D eigenvalue weighted by Crippen LogP contribution is -2.35. The first kappa shape index (κ1) is 24.0. The Morgan fingerprint density at radius 2 is 1.49 bits per heavy atom. The number of para-hydroxylation sites is 1. The summed E-state index contributed by atoms with van der Waals surface area (Å²) in [4.78, 5) is 20.9. The van der Waals surface area contributed by atoms with Gasteiger partial charge in [-0.05, 0) is 42.0 Å². The van der Waals surface area contributed by atoms with Crippen LogP contribution in [0, 0.1) is 0 Å².